The minimum absolute atomic E-state index is 0.0945. The zero-order chi connectivity index (χ0) is 19.1. The highest BCUT2D eigenvalue weighted by Crippen LogP contribution is 2.15. The Morgan fingerprint density at radius 3 is 2.31 bits per heavy atom. The average molecular weight is 353 g/mol. The van der Waals surface area contributed by atoms with Gasteiger partial charge in [-0.1, -0.05) is 18.2 Å². The lowest BCUT2D eigenvalue weighted by Crippen LogP contribution is -2.22. The fraction of sp³-hybridized carbons (Fsp3) is 0.333. The van der Waals surface area contributed by atoms with Crippen LogP contribution in [0.2, 0.25) is 0 Å². The molecule has 0 aliphatic carbocycles. The van der Waals surface area contributed by atoms with Crippen LogP contribution in [0.15, 0.2) is 42.5 Å². The topological polar surface area (TPSA) is 61.4 Å². The molecule has 5 heteroatoms. The van der Waals surface area contributed by atoms with Crippen molar-refractivity contribution in [1.29, 1.82) is 0 Å². The number of amides is 2. The van der Waals surface area contributed by atoms with Crippen LogP contribution < -0.4 is 10.6 Å². The second-order valence-corrected chi connectivity index (χ2v) is 6.77. The molecular weight excluding hydrogens is 326 g/mol. The molecule has 138 valence electrons. The summed E-state index contributed by atoms with van der Waals surface area (Å²) in [5, 5.41) is 6.05. The molecule has 0 fully saturated rings. The summed E-state index contributed by atoms with van der Waals surface area (Å²) in [6, 6.07) is 13.8. The molecule has 2 amide bonds. The molecule has 2 N–H and O–H groups in total. The molecule has 0 aliphatic heterocycles. The first kappa shape index (κ1) is 19.5. The predicted molar refractivity (Wildman–Crippen MR) is 106 cm³/mol. The molecule has 2 aromatic carbocycles. The Hall–Kier alpha value is -2.82. The number of hydrogen-bond acceptors (Lipinski definition) is 3. The molecule has 0 aromatic heterocycles. The Kier molecular flexibility index (Phi) is 6.78. The van der Waals surface area contributed by atoms with Gasteiger partial charge in [-0.2, -0.15) is 0 Å². The Morgan fingerprint density at radius 1 is 0.962 bits per heavy atom. The van der Waals surface area contributed by atoms with E-state index in [2.05, 4.69) is 16.7 Å². The number of hydrogen-bond donors (Lipinski definition) is 2. The number of anilines is 2. The second kappa shape index (κ2) is 9.04. The molecule has 0 heterocycles. The summed E-state index contributed by atoms with van der Waals surface area (Å²) in [7, 11) is 3.50. The van der Waals surface area contributed by atoms with E-state index in [9.17, 15) is 9.59 Å². The molecule has 2 aromatic rings. The van der Waals surface area contributed by atoms with Gasteiger partial charge in [0, 0.05) is 31.9 Å². The Bertz CT molecular complexity index is 764. The largest absolute Gasteiger partial charge is 0.376 e. The number of nitrogens with zero attached hydrogens (tertiary/aromatic N) is 1. The summed E-state index contributed by atoms with van der Waals surface area (Å²) in [4.78, 5) is 25.5. The zero-order valence-corrected chi connectivity index (χ0v) is 15.9. The van der Waals surface area contributed by atoms with Crippen LogP contribution in [0.1, 0.15) is 23.1 Å². The van der Waals surface area contributed by atoms with Crippen LogP contribution in [0, 0.1) is 13.8 Å². The van der Waals surface area contributed by atoms with Gasteiger partial charge in [-0.15, -0.1) is 0 Å². The average Bonchev–Trinajstić information content (AvgIpc) is 2.57. The fourth-order valence-electron chi connectivity index (χ4n) is 2.74. The molecule has 0 aliphatic rings. The summed E-state index contributed by atoms with van der Waals surface area (Å²) in [6.07, 6.45) is 1.11. The highest BCUT2D eigenvalue weighted by Gasteiger charge is 2.07. The smallest absolute Gasteiger partial charge is 0.243 e. The number of carbonyl (C=O) groups is 2. The molecule has 0 atom stereocenters. The van der Waals surface area contributed by atoms with E-state index in [1.54, 1.807) is 19.0 Å². The van der Waals surface area contributed by atoms with Crippen LogP contribution in [0.4, 0.5) is 11.4 Å². The maximum atomic E-state index is 12.2. The fourth-order valence-corrected chi connectivity index (χ4v) is 2.74. The summed E-state index contributed by atoms with van der Waals surface area (Å²) in [5.74, 6) is -0.0113. The highest BCUT2D eigenvalue weighted by molar-refractivity contribution is 5.93. The van der Waals surface area contributed by atoms with Crippen molar-refractivity contribution in [2.24, 2.45) is 0 Å². The maximum absolute atomic E-state index is 12.2. The third-order valence-electron chi connectivity index (χ3n) is 4.01. The molecular formula is C21H27N3O2. The van der Waals surface area contributed by atoms with Crippen LogP contribution in [0.25, 0.3) is 0 Å². The first-order valence-corrected chi connectivity index (χ1v) is 8.74. The van der Waals surface area contributed by atoms with Crippen molar-refractivity contribution in [3.05, 3.63) is 59.2 Å². The van der Waals surface area contributed by atoms with Crippen LogP contribution >= 0.6 is 0 Å². The lowest BCUT2D eigenvalue weighted by molar-refractivity contribution is -0.128. The standard InChI is InChI=1S/C21H27N3O2/c1-15-10-16(2)12-19(11-15)22-14-20(25)23-18-7-5-6-17(13-18)8-9-21(26)24(3)4/h5-7,10-13,22H,8-9,14H2,1-4H3,(H,23,25). The van der Waals surface area contributed by atoms with E-state index in [1.165, 1.54) is 0 Å². The van der Waals surface area contributed by atoms with Gasteiger partial charge in [-0.3, -0.25) is 9.59 Å². The summed E-state index contributed by atoms with van der Waals surface area (Å²) in [6.45, 7) is 4.27. The first-order chi connectivity index (χ1) is 12.3. The normalized spacial score (nSPS) is 10.3. The Balaban J connectivity index is 1.88. The molecule has 0 spiro atoms. The van der Waals surface area contributed by atoms with Crippen LogP contribution in [0.5, 0.6) is 0 Å². The number of nitrogens with one attached hydrogen (secondary N) is 2. The molecule has 0 saturated heterocycles. The van der Waals surface area contributed by atoms with Gasteiger partial charge >= 0.3 is 0 Å². The van der Waals surface area contributed by atoms with Crippen LogP contribution in [-0.2, 0) is 16.0 Å². The molecule has 26 heavy (non-hydrogen) atoms. The molecule has 5 nitrogen and oxygen atoms in total. The zero-order valence-electron chi connectivity index (χ0n) is 15.9. The monoisotopic (exact) mass is 353 g/mol. The van der Waals surface area contributed by atoms with Gasteiger partial charge in [-0.25, -0.2) is 0 Å². The van der Waals surface area contributed by atoms with Gasteiger partial charge in [0.1, 0.15) is 0 Å². The van der Waals surface area contributed by atoms with Crippen molar-refractivity contribution in [2.75, 3.05) is 31.3 Å². The number of benzene rings is 2. The van der Waals surface area contributed by atoms with Crippen LogP contribution in [0.3, 0.4) is 0 Å². The van der Waals surface area contributed by atoms with E-state index in [-0.39, 0.29) is 18.4 Å². The van der Waals surface area contributed by atoms with Crippen molar-refractivity contribution in [3.8, 4) is 0 Å². The molecule has 0 saturated carbocycles. The molecule has 0 unspecified atom stereocenters. The minimum atomic E-state index is -0.106. The third-order valence-corrected chi connectivity index (χ3v) is 4.01. The number of aryl methyl sites for hydroxylation is 3. The highest BCUT2D eigenvalue weighted by atomic mass is 16.2. The van der Waals surface area contributed by atoms with E-state index in [0.717, 1.165) is 28.1 Å². The predicted octanol–water partition coefficient (Wildman–Crippen LogP) is 3.37. The van der Waals surface area contributed by atoms with Crippen molar-refractivity contribution < 1.29 is 9.59 Å². The maximum Gasteiger partial charge on any atom is 0.243 e. The van der Waals surface area contributed by atoms with Crippen molar-refractivity contribution in [3.63, 3.8) is 0 Å². The third kappa shape index (κ3) is 6.24. The first-order valence-electron chi connectivity index (χ1n) is 8.74. The summed E-state index contributed by atoms with van der Waals surface area (Å²) >= 11 is 0. The van der Waals surface area contributed by atoms with E-state index in [1.807, 2.05) is 50.2 Å². The lowest BCUT2D eigenvalue weighted by Gasteiger charge is -2.11. The van der Waals surface area contributed by atoms with E-state index in [0.29, 0.717) is 12.8 Å². The molecule has 2 rings (SSSR count). The Labute approximate surface area is 155 Å². The van der Waals surface area contributed by atoms with E-state index < -0.39 is 0 Å². The quantitative estimate of drug-likeness (QED) is 0.802. The number of rotatable bonds is 7. The van der Waals surface area contributed by atoms with Crippen molar-refractivity contribution in [1.82, 2.24) is 4.90 Å². The van der Waals surface area contributed by atoms with E-state index in [4.69, 9.17) is 0 Å². The molecule has 0 bridgehead atoms. The number of carbonyl (C=O) groups excluding carboxylic acids is 2. The van der Waals surface area contributed by atoms with Gasteiger partial charge in [-0.05, 0) is 61.2 Å². The van der Waals surface area contributed by atoms with Gasteiger partial charge in [0.05, 0.1) is 6.54 Å². The van der Waals surface area contributed by atoms with Gasteiger partial charge < -0.3 is 15.5 Å². The van der Waals surface area contributed by atoms with Crippen molar-refractivity contribution >= 4 is 23.2 Å². The SMILES string of the molecule is Cc1cc(C)cc(NCC(=O)Nc2cccc(CCC(=O)N(C)C)c2)c1. The van der Waals surface area contributed by atoms with Crippen LogP contribution in [-0.4, -0.2) is 37.4 Å². The van der Waals surface area contributed by atoms with Gasteiger partial charge in [0.15, 0.2) is 0 Å². The van der Waals surface area contributed by atoms with Gasteiger partial charge in [0.25, 0.3) is 0 Å². The van der Waals surface area contributed by atoms with Gasteiger partial charge in [0.2, 0.25) is 11.8 Å². The summed E-state index contributed by atoms with van der Waals surface area (Å²) < 4.78 is 0. The second-order valence-electron chi connectivity index (χ2n) is 6.77. The Morgan fingerprint density at radius 2 is 1.65 bits per heavy atom. The molecule has 0 radical (unpaired) electrons. The minimum Gasteiger partial charge on any atom is -0.376 e. The van der Waals surface area contributed by atoms with E-state index >= 15 is 0 Å². The summed E-state index contributed by atoms with van der Waals surface area (Å²) in [5.41, 5.74) is 5.03. The van der Waals surface area contributed by atoms with Crippen molar-refractivity contribution in [2.45, 2.75) is 26.7 Å². The lowest BCUT2D eigenvalue weighted by atomic mass is 10.1.